The van der Waals surface area contributed by atoms with Crippen molar-refractivity contribution in [2.24, 2.45) is 0 Å². The van der Waals surface area contributed by atoms with Gasteiger partial charge in [0.15, 0.2) is 23.3 Å². The second-order valence-electron chi connectivity index (χ2n) is 4.11. The Kier molecular flexibility index (Phi) is 4.78. The molecule has 10 heteroatoms. The molecule has 118 valence electrons. The highest BCUT2D eigenvalue weighted by atomic mass is 127. The van der Waals surface area contributed by atoms with Crippen molar-refractivity contribution in [1.29, 1.82) is 0 Å². The second-order valence-corrected chi connectivity index (χ2v) is 5.19. The predicted molar refractivity (Wildman–Crippen MR) is 73.8 cm³/mol. The summed E-state index contributed by atoms with van der Waals surface area (Å²) in [6, 6.07) is 0. The van der Waals surface area contributed by atoms with Gasteiger partial charge < -0.3 is 5.32 Å². The zero-order valence-corrected chi connectivity index (χ0v) is 12.9. The Balaban J connectivity index is 2.56. The summed E-state index contributed by atoms with van der Waals surface area (Å²) in [6.07, 6.45) is -0.603. The number of alkyl halides is 1. The lowest BCUT2D eigenvalue weighted by Crippen LogP contribution is -2.09. The standard InChI is InChI=1S/C12H6F6IN3/c1-3(13)10-9(19)12(21-2-20-10)22-11-7(17)5(15)4(14)6(16)8(11)18/h2-3H,1H3,(H,20,21,22). The Hall–Kier alpha value is -1.59. The van der Waals surface area contributed by atoms with Gasteiger partial charge in [0, 0.05) is 0 Å². The van der Waals surface area contributed by atoms with Crippen LogP contribution in [0.25, 0.3) is 0 Å². The molecule has 0 amide bonds. The highest BCUT2D eigenvalue weighted by Crippen LogP contribution is 2.32. The summed E-state index contributed by atoms with van der Waals surface area (Å²) in [6.45, 7) is 1.17. The minimum Gasteiger partial charge on any atom is -0.334 e. The van der Waals surface area contributed by atoms with E-state index in [-0.39, 0.29) is 15.1 Å². The summed E-state index contributed by atoms with van der Waals surface area (Å²) in [5, 5.41) is 1.99. The van der Waals surface area contributed by atoms with Gasteiger partial charge in [0.1, 0.15) is 24.0 Å². The van der Waals surface area contributed by atoms with Gasteiger partial charge in [0.05, 0.1) is 9.26 Å². The van der Waals surface area contributed by atoms with Crippen LogP contribution in [0.3, 0.4) is 0 Å². The molecule has 0 spiro atoms. The van der Waals surface area contributed by atoms with Gasteiger partial charge in [-0.05, 0) is 29.5 Å². The maximum atomic E-state index is 13.6. The van der Waals surface area contributed by atoms with Crippen molar-refractivity contribution >= 4 is 34.1 Å². The SMILES string of the molecule is CC(F)c1ncnc(Nc2c(F)c(F)c(F)c(F)c2F)c1I. The Morgan fingerprint density at radius 2 is 1.45 bits per heavy atom. The summed E-state index contributed by atoms with van der Waals surface area (Å²) in [4.78, 5) is 7.26. The normalized spacial score (nSPS) is 12.4. The van der Waals surface area contributed by atoms with Crippen LogP contribution < -0.4 is 5.32 Å². The molecule has 1 N–H and O–H groups in total. The molecule has 0 radical (unpaired) electrons. The van der Waals surface area contributed by atoms with E-state index in [1.807, 2.05) is 5.32 Å². The minimum absolute atomic E-state index is 0.0547. The van der Waals surface area contributed by atoms with E-state index in [1.165, 1.54) is 6.92 Å². The summed E-state index contributed by atoms with van der Waals surface area (Å²) in [5.74, 6) is -10.8. The number of nitrogens with zero attached hydrogens (tertiary/aromatic N) is 2. The van der Waals surface area contributed by atoms with E-state index in [0.29, 0.717) is 0 Å². The second kappa shape index (κ2) is 6.26. The van der Waals surface area contributed by atoms with Gasteiger partial charge in [-0.3, -0.25) is 0 Å². The van der Waals surface area contributed by atoms with Crippen molar-refractivity contribution in [1.82, 2.24) is 9.97 Å². The lowest BCUT2D eigenvalue weighted by molar-refractivity contribution is 0.364. The predicted octanol–water partition coefficient (Wildman–Crippen LogP) is 4.55. The Bertz CT molecular complexity index is 708. The van der Waals surface area contributed by atoms with Gasteiger partial charge in [-0.25, -0.2) is 36.3 Å². The van der Waals surface area contributed by atoms with Crippen LogP contribution in [0.2, 0.25) is 0 Å². The summed E-state index contributed by atoms with van der Waals surface area (Å²) in [7, 11) is 0. The molecular weight excluding hydrogens is 427 g/mol. The van der Waals surface area contributed by atoms with Gasteiger partial charge in [-0.2, -0.15) is 0 Å². The summed E-state index contributed by atoms with van der Waals surface area (Å²) in [5.41, 5.74) is -1.35. The highest BCUT2D eigenvalue weighted by molar-refractivity contribution is 14.1. The van der Waals surface area contributed by atoms with Crippen LogP contribution in [0.5, 0.6) is 0 Å². The first kappa shape index (κ1) is 16.8. The smallest absolute Gasteiger partial charge is 0.200 e. The number of hydrogen-bond donors (Lipinski definition) is 1. The molecule has 0 aliphatic rings. The van der Waals surface area contributed by atoms with Crippen LogP contribution in [0, 0.1) is 32.7 Å². The van der Waals surface area contributed by atoms with E-state index in [4.69, 9.17) is 0 Å². The maximum absolute atomic E-state index is 13.6. The topological polar surface area (TPSA) is 37.8 Å². The van der Waals surface area contributed by atoms with Crippen LogP contribution in [0.4, 0.5) is 37.8 Å². The number of nitrogens with one attached hydrogen (secondary N) is 1. The molecule has 1 atom stereocenters. The van der Waals surface area contributed by atoms with Gasteiger partial charge in [0.2, 0.25) is 5.82 Å². The molecule has 0 bridgehead atoms. The first-order valence-corrected chi connectivity index (χ1v) is 6.76. The van der Waals surface area contributed by atoms with E-state index >= 15 is 0 Å². The van der Waals surface area contributed by atoms with Gasteiger partial charge in [-0.1, -0.05) is 0 Å². The van der Waals surface area contributed by atoms with Crippen molar-refractivity contribution in [3.05, 3.63) is 44.7 Å². The minimum atomic E-state index is -2.27. The Morgan fingerprint density at radius 1 is 0.955 bits per heavy atom. The molecule has 22 heavy (non-hydrogen) atoms. The lowest BCUT2D eigenvalue weighted by Gasteiger charge is -2.13. The summed E-state index contributed by atoms with van der Waals surface area (Å²) < 4.78 is 79.7. The van der Waals surface area contributed by atoms with E-state index in [9.17, 15) is 26.3 Å². The molecule has 0 fully saturated rings. The van der Waals surface area contributed by atoms with Gasteiger partial charge >= 0.3 is 0 Å². The van der Waals surface area contributed by atoms with Crippen LogP contribution in [-0.2, 0) is 0 Å². The van der Waals surface area contributed by atoms with Crippen molar-refractivity contribution in [3.63, 3.8) is 0 Å². The zero-order valence-electron chi connectivity index (χ0n) is 10.7. The van der Waals surface area contributed by atoms with E-state index in [1.54, 1.807) is 22.6 Å². The third kappa shape index (κ3) is 2.83. The molecule has 1 aromatic carbocycles. The molecular formula is C12H6F6IN3. The number of hydrogen-bond acceptors (Lipinski definition) is 3. The van der Waals surface area contributed by atoms with Gasteiger partial charge in [-0.15, -0.1) is 0 Å². The van der Waals surface area contributed by atoms with E-state index in [2.05, 4.69) is 9.97 Å². The molecule has 1 unspecified atom stereocenters. The van der Waals surface area contributed by atoms with Crippen LogP contribution in [0.15, 0.2) is 6.33 Å². The molecule has 3 nitrogen and oxygen atoms in total. The number of rotatable bonds is 3. The third-order valence-corrected chi connectivity index (χ3v) is 3.71. The van der Waals surface area contributed by atoms with Crippen molar-refractivity contribution in [3.8, 4) is 0 Å². The lowest BCUT2D eigenvalue weighted by atomic mass is 10.2. The number of anilines is 2. The number of halogens is 7. The van der Waals surface area contributed by atoms with Crippen LogP contribution >= 0.6 is 22.6 Å². The third-order valence-electron chi connectivity index (χ3n) is 2.65. The Labute approximate surface area is 133 Å². The van der Waals surface area contributed by atoms with Crippen LogP contribution in [-0.4, -0.2) is 9.97 Å². The fourth-order valence-corrected chi connectivity index (χ4v) is 2.42. The molecule has 1 heterocycles. The van der Waals surface area contributed by atoms with Crippen LogP contribution in [0.1, 0.15) is 18.8 Å². The first-order valence-electron chi connectivity index (χ1n) is 5.68. The fourth-order valence-electron chi connectivity index (χ4n) is 1.58. The molecule has 2 aromatic rings. The quantitative estimate of drug-likeness (QED) is 0.334. The monoisotopic (exact) mass is 433 g/mol. The largest absolute Gasteiger partial charge is 0.334 e. The number of benzene rings is 1. The molecule has 1 aromatic heterocycles. The Morgan fingerprint density at radius 3 is 1.95 bits per heavy atom. The van der Waals surface area contributed by atoms with Crippen molar-refractivity contribution in [2.75, 3.05) is 5.32 Å². The molecule has 0 saturated heterocycles. The average molecular weight is 433 g/mol. The molecule has 2 rings (SSSR count). The van der Waals surface area contributed by atoms with Crippen molar-refractivity contribution < 1.29 is 26.3 Å². The van der Waals surface area contributed by atoms with E-state index < -0.39 is 40.9 Å². The average Bonchev–Trinajstić information content (AvgIpc) is 2.48. The highest BCUT2D eigenvalue weighted by Gasteiger charge is 2.27. The molecule has 0 aliphatic heterocycles. The van der Waals surface area contributed by atoms with Gasteiger partial charge in [0.25, 0.3) is 0 Å². The number of aromatic nitrogens is 2. The fraction of sp³-hybridized carbons (Fsp3) is 0.167. The molecule has 0 saturated carbocycles. The van der Waals surface area contributed by atoms with Crippen molar-refractivity contribution in [2.45, 2.75) is 13.1 Å². The zero-order chi connectivity index (χ0) is 16.6. The maximum Gasteiger partial charge on any atom is 0.200 e. The first-order chi connectivity index (χ1) is 10.3. The molecule has 0 aliphatic carbocycles. The summed E-state index contributed by atoms with van der Waals surface area (Å²) >= 11 is 1.60. The van der Waals surface area contributed by atoms with E-state index in [0.717, 1.165) is 6.33 Å².